The van der Waals surface area contributed by atoms with Crippen LogP contribution in [0.2, 0.25) is 0 Å². The molecule has 0 spiro atoms. The van der Waals surface area contributed by atoms with Crippen molar-refractivity contribution in [3.63, 3.8) is 0 Å². The Kier molecular flexibility index (Phi) is 6.69. The third-order valence-electron chi connectivity index (χ3n) is 5.74. The normalized spacial score (nSPS) is 18.6. The molecule has 2 fully saturated rings. The van der Waals surface area contributed by atoms with Crippen molar-refractivity contribution in [1.82, 2.24) is 20.2 Å². The minimum Gasteiger partial charge on any atom is -0.379 e. The van der Waals surface area contributed by atoms with Gasteiger partial charge in [0.15, 0.2) is 0 Å². The molecular weight excluding hydrogens is 366 g/mol. The van der Waals surface area contributed by atoms with Crippen LogP contribution in [0.4, 0.5) is 5.82 Å². The summed E-state index contributed by atoms with van der Waals surface area (Å²) >= 11 is 0. The molecule has 0 unspecified atom stereocenters. The van der Waals surface area contributed by atoms with Crippen molar-refractivity contribution in [2.75, 3.05) is 44.3 Å². The maximum Gasteiger partial charge on any atom is 0.223 e. The molecule has 0 bridgehead atoms. The highest BCUT2D eigenvalue weighted by Gasteiger charge is 2.25. The Morgan fingerprint density at radius 2 is 1.76 bits per heavy atom. The van der Waals surface area contributed by atoms with Crippen LogP contribution >= 0.6 is 0 Å². The van der Waals surface area contributed by atoms with Gasteiger partial charge in [0.05, 0.1) is 19.4 Å². The van der Waals surface area contributed by atoms with Gasteiger partial charge in [0, 0.05) is 57.6 Å². The summed E-state index contributed by atoms with van der Waals surface area (Å²) in [4.78, 5) is 25.6. The number of morpholine rings is 1. The van der Waals surface area contributed by atoms with Crippen molar-refractivity contribution < 1.29 is 9.53 Å². The van der Waals surface area contributed by atoms with Gasteiger partial charge in [-0.05, 0) is 24.0 Å². The number of nitrogens with one attached hydrogen (secondary N) is 1. The van der Waals surface area contributed by atoms with Gasteiger partial charge in [-0.3, -0.25) is 14.7 Å². The molecule has 0 saturated carbocycles. The summed E-state index contributed by atoms with van der Waals surface area (Å²) < 4.78 is 5.40. The molecule has 0 atom stereocenters. The number of piperidine rings is 1. The molecule has 7 heteroatoms. The predicted octanol–water partition coefficient (Wildman–Crippen LogP) is 1.84. The maximum atomic E-state index is 12.6. The fourth-order valence-electron chi connectivity index (χ4n) is 3.94. The number of hydrogen-bond acceptors (Lipinski definition) is 6. The summed E-state index contributed by atoms with van der Waals surface area (Å²) in [6.07, 6.45) is 6.87. The van der Waals surface area contributed by atoms with Crippen LogP contribution in [0.1, 0.15) is 24.0 Å². The van der Waals surface area contributed by atoms with Gasteiger partial charge >= 0.3 is 0 Å². The first kappa shape index (κ1) is 19.8. The maximum absolute atomic E-state index is 12.6. The highest BCUT2D eigenvalue weighted by molar-refractivity contribution is 5.79. The molecule has 0 aliphatic carbocycles. The van der Waals surface area contributed by atoms with E-state index in [1.165, 1.54) is 5.56 Å². The zero-order chi connectivity index (χ0) is 19.9. The second-order valence-corrected chi connectivity index (χ2v) is 7.75. The zero-order valence-electron chi connectivity index (χ0n) is 16.8. The standard InChI is InChI=1S/C22H29N5O2/c28-22(20-5-9-27(10-6-20)21-16-23-7-8-24-21)25-15-18-1-3-19(4-2-18)17-26-11-13-29-14-12-26/h1-4,7-8,16,20H,5-6,9-15,17H2,(H,25,28). The minimum absolute atomic E-state index is 0.0727. The van der Waals surface area contributed by atoms with Crippen LogP contribution in [0, 0.1) is 5.92 Å². The number of amides is 1. The molecule has 29 heavy (non-hydrogen) atoms. The monoisotopic (exact) mass is 395 g/mol. The Bertz CT molecular complexity index is 770. The second-order valence-electron chi connectivity index (χ2n) is 7.75. The van der Waals surface area contributed by atoms with Gasteiger partial charge in [0.25, 0.3) is 0 Å². The van der Waals surface area contributed by atoms with Crippen LogP contribution in [0.15, 0.2) is 42.9 Å². The highest BCUT2D eigenvalue weighted by atomic mass is 16.5. The highest BCUT2D eigenvalue weighted by Crippen LogP contribution is 2.21. The lowest BCUT2D eigenvalue weighted by molar-refractivity contribution is -0.125. The van der Waals surface area contributed by atoms with Crippen molar-refractivity contribution >= 4 is 11.7 Å². The Balaban J connectivity index is 1.20. The molecule has 2 saturated heterocycles. The summed E-state index contributed by atoms with van der Waals surface area (Å²) in [6, 6.07) is 8.56. The number of carbonyl (C=O) groups is 1. The van der Waals surface area contributed by atoms with Crippen molar-refractivity contribution in [2.24, 2.45) is 5.92 Å². The van der Waals surface area contributed by atoms with Gasteiger partial charge in [-0.25, -0.2) is 4.98 Å². The fraction of sp³-hybridized carbons (Fsp3) is 0.500. The van der Waals surface area contributed by atoms with Gasteiger partial charge in [-0.15, -0.1) is 0 Å². The van der Waals surface area contributed by atoms with E-state index < -0.39 is 0 Å². The van der Waals surface area contributed by atoms with Gasteiger partial charge in [0.2, 0.25) is 5.91 Å². The van der Waals surface area contributed by atoms with E-state index in [0.717, 1.165) is 70.2 Å². The number of carbonyl (C=O) groups excluding carboxylic acids is 1. The van der Waals surface area contributed by atoms with Crippen LogP contribution in [-0.4, -0.2) is 60.2 Å². The summed E-state index contributed by atoms with van der Waals surface area (Å²) in [5.74, 6) is 1.12. The van der Waals surface area contributed by atoms with Gasteiger partial charge in [-0.2, -0.15) is 0 Å². The van der Waals surface area contributed by atoms with E-state index in [1.807, 2.05) is 0 Å². The van der Waals surface area contributed by atoms with Crippen molar-refractivity contribution in [3.05, 3.63) is 54.0 Å². The molecule has 1 amide bonds. The van der Waals surface area contributed by atoms with Crippen LogP contribution in [-0.2, 0) is 22.6 Å². The molecule has 2 aromatic rings. The molecule has 1 N–H and O–H groups in total. The van der Waals surface area contributed by atoms with Crippen LogP contribution in [0.3, 0.4) is 0 Å². The molecule has 1 aromatic carbocycles. The Morgan fingerprint density at radius 3 is 2.45 bits per heavy atom. The number of ether oxygens (including phenoxy) is 1. The van der Waals surface area contributed by atoms with E-state index in [1.54, 1.807) is 18.6 Å². The average molecular weight is 396 g/mol. The molecule has 7 nitrogen and oxygen atoms in total. The van der Waals surface area contributed by atoms with Crippen LogP contribution in [0.25, 0.3) is 0 Å². The first-order chi connectivity index (χ1) is 14.3. The van der Waals surface area contributed by atoms with E-state index >= 15 is 0 Å². The first-order valence-corrected chi connectivity index (χ1v) is 10.4. The number of aromatic nitrogens is 2. The van der Waals surface area contributed by atoms with Crippen LogP contribution in [0.5, 0.6) is 0 Å². The van der Waals surface area contributed by atoms with E-state index in [-0.39, 0.29) is 11.8 Å². The zero-order valence-corrected chi connectivity index (χ0v) is 16.8. The Hall–Kier alpha value is -2.51. The van der Waals surface area contributed by atoms with Gasteiger partial charge < -0.3 is 15.0 Å². The topological polar surface area (TPSA) is 70.6 Å². The van der Waals surface area contributed by atoms with Gasteiger partial charge in [-0.1, -0.05) is 24.3 Å². The SMILES string of the molecule is O=C(NCc1ccc(CN2CCOCC2)cc1)C1CCN(c2cnccn2)CC1. The number of hydrogen-bond donors (Lipinski definition) is 1. The summed E-state index contributed by atoms with van der Waals surface area (Å²) in [7, 11) is 0. The quantitative estimate of drug-likeness (QED) is 0.805. The first-order valence-electron chi connectivity index (χ1n) is 10.4. The number of benzene rings is 1. The lowest BCUT2D eigenvalue weighted by atomic mass is 9.96. The fourth-order valence-corrected chi connectivity index (χ4v) is 3.94. The largest absolute Gasteiger partial charge is 0.379 e. The van der Waals surface area contributed by atoms with E-state index in [0.29, 0.717) is 6.54 Å². The van der Waals surface area contributed by atoms with Crippen LogP contribution < -0.4 is 10.2 Å². The summed E-state index contributed by atoms with van der Waals surface area (Å²) in [6.45, 7) is 6.85. The molecule has 1 aromatic heterocycles. The number of anilines is 1. The Labute approximate surface area is 172 Å². The third-order valence-corrected chi connectivity index (χ3v) is 5.74. The van der Waals surface area contributed by atoms with E-state index in [4.69, 9.17) is 4.74 Å². The molecule has 2 aliphatic heterocycles. The summed E-state index contributed by atoms with van der Waals surface area (Å²) in [5, 5.41) is 3.11. The van der Waals surface area contributed by atoms with E-state index in [2.05, 4.69) is 49.4 Å². The smallest absolute Gasteiger partial charge is 0.223 e. The van der Waals surface area contributed by atoms with Crippen molar-refractivity contribution in [1.29, 1.82) is 0 Å². The molecular formula is C22H29N5O2. The predicted molar refractivity (Wildman–Crippen MR) is 111 cm³/mol. The lowest BCUT2D eigenvalue weighted by Gasteiger charge is -2.31. The van der Waals surface area contributed by atoms with E-state index in [9.17, 15) is 4.79 Å². The summed E-state index contributed by atoms with van der Waals surface area (Å²) in [5.41, 5.74) is 2.44. The number of rotatable bonds is 6. The Morgan fingerprint density at radius 1 is 1.03 bits per heavy atom. The van der Waals surface area contributed by atoms with Gasteiger partial charge in [0.1, 0.15) is 5.82 Å². The second kappa shape index (κ2) is 9.80. The minimum atomic E-state index is 0.0727. The third kappa shape index (κ3) is 5.52. The molecule has 3 heterocycles. The lowest BCUT2D eigenvalue weighted by Crippen LogP contribution is -2.40. The molecule has 4 rings (SSSR count). The number of nitrogens with zero attached hydrogens (tertiary/aromatic N) is 4. The molecule has 2 aliphatic rings. The van der Waals surface area contributed by atoms with Crippen molar-refractivity contribution in [2.45, 2.75) is 25.9 Å². The van der Waals surface area contributed by atoms with Crippen molar-refractivity contribution in [3.8, 4) is 0 Å². The average Bonchev–Trinajstić information content (AvgIpc) is 2.80. The molecule has 154 valence electrons. The molecule has 0 radical (unpaired) electrons.